The van der Waals surface area contributed by atoms with E-state index < -0.39 is 18.4 Å². The minimum Gasteiger partial charge on any atom is -0.393 e. The van der Waals surface area contributed by atoms with Gasteiger partial charge in [0.05, 0.1) is 11.0 Å². The van der Waals surface area contributed by atoms with Gasteiger partial charge in [0, 0.05) is 42.0 Å². The summed E-state index contributed by atoms with van der Waals surface area (Å²) in [6.45, 7) is 2.50. The van der Waals surface area contributed by atoms with Crippen molar-refractivity contribution < 1.29 is 23.5 Å². The minimum atomic E-state index is -2.79. The number of carbonyl (C=O) groups is 2. The van der Waals surface area contributed by atoms with Crippen LogP contribution in [-0.4, -0.2) is 62.6 Å². The van der Waals surface area contributed by atoms with Crippen LogP contribution in [0.1, 0.15) is 90.6 Å². The Balaban J connectivity index is 1.50. The zero-order chi connectivity index (χ0) is 25.4. The lowest BCUT2D eigenvalue weighted by Crippen LogP contribution is -2.46. The Morgan fingerprint density at radius 1 is 1.17 bits per heavy atom. The fraction of sp³-hybridized carbons (Fsp3) is 0.600. The predicted octanol–water partition coefficient (Wildman–Crippen LogP) is 4.37. The molecule has 3 fully saturated rings. The van der Waals surface area contributed by atoms with Crippen LogP contribution in [0, 0.1) is 0 Å². The van der Waals surface area contributed by atoms with Crippen molar-refractivity contribution in [2.24, 2.45) is 0 Å². The number of pyridine rings is 1. The van der Waals surface area contributed by atoms with Crippen molar-refractivity contribution in [2.45, 2.75) is 88.9 Å². The Morgan fingerprint density at radius 2 is 1.92 bits per heavy atom. The third-order valence-electron chi connectivity index (χ3n) is 7.41. The molecule has 2 amide bonds. The van der Waals surface area contributed by atoms with Crippen molar-refractivity contribution >= 4 is 29.0 Å². The molecule has 3 N–H and O–H groups in total. The van der Waals surface area contributed by atoms with Gasteiger partial charge in [-0.25, -0.2) is 18.7 Å². The molecule has 2 aromatic heterocycles. The van der Waals surface area contributed by atoms with E-state index in [-0.39, 0.29) is 50.7 Å². The van der Waals surface area contributed by atoms with Gasteiger partial charge in [0.15, 0.2) is 5.01 Å². The number of rotatable bonds is 7. The molecule has 0 unspecified atom stereocenters. The van der Waals surface area contributed by atoms with Crippen LogP contribution in [0.4, 0.5) is 14.6 Å². The Bertz CT molecular complexity index is 1130. The lowest BCUT2D eigenvalue weighted by molar-refractivity contribution is 0.0562. The quantitative estimate of drug-likeness (QED) is 0.501. The number of thiazole rings is 1. The van der Waals surface area contributed by atoms with Gasteiger partial charge in [-0.15, -0.1) is 11.3 Å². The van der Waals surface area contributed by atoms with Crippen LogP contribution in [0.3, 0.4) is 0 Å². The van der Waals surface area contributed by atoms with Crippen LogP contribution in [-0.2, 0) is 0 Å². The molecule has 0 aromatic carbocycles. The summed E-state index contributed by atoms with van der Waals surface area (Å²) < 4.78 is 28.5. The van der Waals surface area contributed by atoms with Crippen molar-refractivity contribution in [3.8, 4) is 10.4 Å². The molecule has 5 rings (SSSR count). The van der Waals surface area contributed by atoms with E-state index in [0.29, 0.717) is 25.2 Å². The highest BCUT2D eigenvalue weighted by atomic mass is 32.1. The fourth-order valence-corrected chi connectivity index (χ4v) is 6.26. The van der Waals surface area contributed by atoms with E-state index in [0.717, 1.165) is 49.9 Å². The number of nitrogens with zero attached hydrogens (tertiary/aromatic N) is 3. The van der Waals surface area contributed by atoms with Gasteiger partial charge >= 0.3 is 0 Å². The third kappa shape index (κ3) is 5.08. The first-order valence-corrected chi connectivity index (χ1v) is 13.5. The molecule has 8 nitrogen and oxygen atoms in total. The molecule has 11 heteroatoms. The van der Waals surface area contributed by atoms with Gasteiger partial charge < -0.3 is 20.6 Å². The highest BCUT2D eigenvalue weighted by molar-refractivity contribution is 7.17. The number of carbonyl (C=O) groups excluding carboxylic acids is 2. The molecule has 2 saturated carbocycles. The second kappa shape index (κ2) is 10.4. The number of alkyl halides is 2. The third-order valence-corrected chi connectivity index (χ3v) is 8.50. The van der Waals surface area contributed by atoms with Gasteiger partial charge in [0.2, 0.25) is 0 Å². The maximum Gasteiger partial charge on any atom is 0.280 e. The van der Waals surface area contributed by atoms with E-state index in [9.17, 15) is 23.5 Å². The van der Waals surface area contributed by atoms with Crippen molar-refractivity contribution in [1.82, 2.24) is 20.2 Å². The van der Waals surface area contributed by atoms with Gasteiger partial charge in [0.1, 0.15) is 11.5 Å². The van der Waals surface area contributed by atoms with Gasteiger partial charge in [-0.05, 0) is 51.5 Å². The molecular formula is C25H31F2N5O3S. The van der Waals surface area contributed by atoms with E-state index in [1.165, 1.54) is 12.3 Å². The van der Waals surface area contributed by atoms with E-state index in [4.69, 9.17) is 0 Å². The van der Waals surface area contributed by atoms with Crippen LogP contribution in [0.5, 0.6) is 0 Å². The second-order valence-corrected chi connectivity index (χ2v) is 11.1. The normalized spacial score (nSPS) is 24.2. The van der Waals surface area contributed by atoms with Crippen LogP contribution in [0.2, 0.25) is 0 Å². The summed E-state index contributed by atoms with van der Waals surface area (Å²) in [6, 6.07) is 1.40. The Hall–Kier alpha value is -2.66. The molecule has 1 aliphatic heterocycles. The number of hydrogen-bond donors (Lipinski definition) is 3. The zero-order valence-electron chi connectivity index (χ0n) is 20.2. The first-order valence-electron chi connectivity index (χ1n) is 12.7. The number of amides is 2. The monoisotopic (exact) mass is 519 g/mol. The van der Waals surface area contributed by atoms with Gasteiger partial charge in [-0.3, -0.25) is 9.59 Å². The molecule has 36 heavy (non-hydrogen) atoms. The van der Waals surface area contributed by atoms with E-state index in [1.54, 1.807) is 4.90 Å². The Labute approximate surface area is 212 Å². The molecule has 3 aliphatic rings. The van der Waals surface area contributed by atoms with Gasteiger partial charge in [-0.2, -0.15) is 0 Å². The van der Waals surface area contributed by atoms with E-state index >= 15 is 0 Å². The lowest BCUT2D eigenvalue weighted by atomic mass is 9.89. The average Bonchev–Trinajstić information content (AvgIpc) is 3.58. The molecule has 0 bridgehead atoms. The van der Waals surface area contributed by atoms with Crippen LogP contribution >= 0.6 is 11.3 Å². The predicted molar refractivity (Wildman–Crippen MR) is 132 cm³/mol. The summed E-state index contributed by atoms with van der Waals surface area (Å²) in [5.74, 6) is -0.455. The molecular weight excluding hydrogens is 488 g/mol. The fourth-order valence-electron chi connectivity index (χ4n) is 5.27. The zero-order valence-corrected chi connectivity index (χ0v) is 21.0. The molecule has 0 radical (unpaired) electrons. The first-order chi connectivity index (χ1) is 17.3. The summed E-state index contributed by atoms with van der Waals surface area (Å²) in [5, 5.41) is 15.6. The number of hydrogen-bond acceptors (Lipinski definition) is 7. The standard InChI is InChI=1S/C25H31F2N5O3S/c1-13-5-4-8-32(13)25(35)20-21(36-24(31-20)23(34)30-15-9-16(33)10-15)18-12-28-19(11-17(18)22(26)27)29-14-6-2-3-7-14/h11-16,22,33H,2-10H2,1H3,(H,28,29)(H,30,34)/t13-,15-,16-/m0/s1. The second-order valence-electron chi connectivity index (χ2n) is 10.1. The van der Waals surface area contributed by atoms with Gasteiger partial charge in [0.25, 0.3) is 18.2 Å². The highest BCUT2D eigenvalue weighted by Crippen LogP contribution is 2.39. The van der Waals surface area contributed by atoms with Crippen molar-refractivity contribution in [1.29, 1.82) is 0 Å². The van der Waals surface area contributed by atoms with Crippen LogP contribution < -0.4 is 10.6 Å². The summed E-state index contributed by atoms with van der Waals surface area (Å²) in [5.41, 5.74) is -0.118. The summed E-state index contributed by atoms with van der Waals surface area (Å²) in [7, 11) is 0. The topological polar surface area (TPSA) is 107 Å². The van der Waals surface area contributed by atoms with Crippen LogP contribution in [0.25, 0.3) is 10.4 Å². The number of halogens is 2. The number of anilines is 1. The van der Waals surface area contributed by atoms with Crippen molar-refractivity contribution in [3.63, 3.8) is 0 Å². The smallest absolute Gasteiger partial charge is 0.280 e. The van der Waals surface area contributed by atoms with Crippen molar-refractivity contribution in [3.05, 3.63) is 28.5 Å². The number of aromatic nitrogens is 2. The highest BCUT2D eigenvalue weighted by Gasteiger charge is 2.34. The summed E-state index contributed by atoms with van der Waals surface area (Å²) >= 11 is 0.930. The molecule has 2 aliphatic carbocycles. The largest absolute Gasteiger partial charge is 0.393 e. The summed E-state index contributed by atoms with van der Waals surface area (Å²) in [6.07, 6.45) is 4.91. The van der Waals surface area contributed by atoms with Gasteiger partial charge in [-0.1, -0.05) is 12.8 Å². The Morgan fingerprint density at radius 3 is 2.56 bits per heavy atom. The SMILES string of the molecule is C[C@H]1CCCN1C(=O)c1nc(C(=O)N[C@H]2C[C@H](O)C2)sc1-c1cnc(NC2CCCC2)cc1C(F)F. The molecule has 0 spiro atoms. The summed E-state index contributed by atoms with van der Waals surface area (Å²) in [4.78, 5) is 37.0. The number of aliphatic hydroxyl groups excluding tert-OH is 1. The maximum atomic E-state index is 14.3. The van der Waals surface area contributed by atoms with Crippen LogP contribution in [0.15, 0.2) is 12.3 Å². The number of aliphatic hydroxyl groups is 1. The number of nitrogens with one attached hydrogen (secondary N) is 2. The molecule has 194 valence electrons. The van der Waals surface area contributed by atoms with Crippen molar-refractivity contribution in [2.75, 3.05) is 11.9 Å². The minimum absolute atomic E-state index is 0.00599. The molecule has 1 atom stereocenters. The maximum absolute atomic E-state index is 14.3. The molecule has 1 saturated heterocycles. The molecule has 2 aromatic rings. The van der Waals surface area contributed by atoms with E-state index in [2.05, 4.69) is 20.6 Å². The first kappa shape index (κ1) is 25.0. The molecule has 3 heterocycles. The Kier molecular flexibility index (Phi) is 7.21. The van der Waals surface area contributed by atoms with E-state index in [1.807, 2.05) is 6.92 Å². The average molecular weight is 520 g/mol. The lowest BCUT2D eigenvalue weighted by Gasteiger charge is -2.31. The number of likely N-dealkylation sites (tertiary alicyclic amines) is 1.